The molecule has 1 saturated heterocycles. The van der Waals surface area contributed by atoms with Crippen LogP contribution in [-0.2, 0) is 4.79 Å². The number of aliphatic carboxylic acids is 1. The van der Waals surface area contributed by atoms with Crippen LogP contribution in [0.2, 0.25) is 0 Å². The number of carbonyl (C=O) groups excluding carboxylic acids is 1. The summed E-state index contributed by atoms with van der Waals surface area (Å²) in [7, 11) is 1.49. The van der Waals surface area contributed by atoms with Crippen LogP contribution in [0.4, 0.5) is 10.5 Å². The van der Waals surface area contributed by atoms with Crippen molar-refractivity contribution in [3.05, 3.63) is 23.8 Å². The number of aryl methyl sites for hydroxylation is 1. The number of urea groups is 1. The zero-order chi connectivity index (χ0) is 15.6. The normalized spacial score (nSPS) is 21.2. The highest BCUT2D eigenvalue weighted by Gasteiger charge is 2.39. The summed E-state index contributed by atoms with van der Waals surface area (Å²) in [6.45, 7) is 1.87. The van der Waals surface area contributed by atoms with Gasteiger partial charge in [0.2, 0.25) is 0 Å². The Labute approximate surface area is 122 Å². The van der Waals surface area contributed by atoms with Crippen LogP contribution in [0.25, 0.3) is 0 Å². The van der Waals surface area contributed by atoms with Crippen LogP contribution in [0.1, 0.15) is 12.0 Å². The number of nitrogens with one attached hydrogen (secondary N) is 1. The van der Waals surface area contributed by atoms with Gasteiger partial charge in [0.1, 0.15) is 11.8 Å². The zero-order valence-electron chi connectivity index (χ0n) is 11.9. The summed E-state index contributed by atoms with van der Waals surface area (Å²) in [6, 6.07) is 3.71. The van der Waals surface area contributed by atoms with Gasteiger partial charge in [-0.2, -0.15) is 0 Å². The number of carboxylic acid groups (broad SMARTS) is 1. The predicted octanol–water partition coefficient (Wildman–Crippen LogP) is 1.06. The highest BCUT2D eigenvalue weighted by atomic mass is 16.5. The molecule has 2 amide bonds. The molecule has 114 valence electrons. The first kappa shape index (κ1) is 15.1. The summed E-state index contributed by atoms with van der Waals surface area (Å²) in [4.78, 5) is 24.5. The number of carbonyl (C=O) groups is 2. The van der Waals surface area contributed by atoms with Crippen molar-refractivity contribution >= 4 is 17.7 Å². The average Bonchev–Trinajstić information content (AvgIpc) is 2.81. The van der Waals surface area contributed by atoms with E-state index in [0.717, 1.165) is 10.5 Å². The van der Waals surface area contributed by atoms with Crippen LogP contribution in [-0.4, -0.2) is 52.9 Å². The third kappa shape index (κ3) is 3.25. The SMILES string of the molecule is COc1ccc(C)cc1NC(=O)N1CC(O)C[C@H]1C(=O)O. The molecule has 0 bridgehead atoms. The molecular weight excluding hydrogens is 276 g/mol. The van der Waals surface area contributed by atoms with E-state index in [1.165, 1.54) is 7.11 Å². The van der Waals surface area contributed by atoms with Crippen LogP contribution in [0.5, 0.6) is 5.75 Å². The second-order valence-corrected chi connectivity index (χ2v) is 5.03. The smallest absolute Gasteiger partial charge is 0.326 e. The predicted molar refractivity (Wildman–Crippen MR) is 75.5 cm³/mol. The molecule has 1 aromatic carbocycles. The monoisotopic (exact) mass is 294 g/mol. The molecule has 1 aliphatic heterocycles. The van der Waals surface area contributed by atoms with E-state index in [1.807, 2.05) is 13.0 Å². The first-order valence-electron chi connectivity index (χ1n) is 6.55. The van der Waals surface area contributed by atoms with E-state index in [1.54, 1.807) is 12.1 Å². The zero-order valence-corrected chi connectivity index (χ0v) is 11.9. The second kappa shape index (κ2) is 6.01. The van der Waals surface area contributed by atoms with Crippen LogP contribution in [0.3, 0.4) is 0 Å². The molecule has 0 aliphatic carbocycles. The Balaban J connectivity index is 2.18. The maximum atomic E-state index is 12.2. The topological polar surface area (TPSA) is 99.1 Å². The molecule has 7 heteroatoms. The largest absolute Gasteiger partial charge is 0.495 e. The maximum Gasteiger partial charge on any atom is 0.326 e. The molecule has 1 unspecified atom stereocenters. The van der Waals surface area contributed by atoms with Gasteiger partial charge in [0.25, 0.3) is 0 Å². The Hall–Kier alpha value is -2.28. The fourth-order valence-electron chi connectivity index (χ4n) is 2.38. The standard InChI is InChI=1S/C14H18N2O5/c1-8-3-4-12(21-2)10(5-8)15-14(20)16-7-9(17)6-11(16)13(18)19/h3-5,9,11,17H,6-7H2,1-2H3,(H,15,20)(H,18,19)/t9?,11-/m0/s1. The summed E-state index contributed by atoms with van der Waals surface area (Å²) in [5, 5.41) is 21.3. The molecule has 21 heavy (non-hydrogen) atoms. The fraction of sp³-hybridized carbons (Fsp3) is 0.429. The number of amides is 2. The van der Waals surface area contributed by atoms with Crippen LogP contribution in [0.15, 0.2) is 18.2 Å². The summed E-state index contributed by atoms with van der Waals surface area (Å²) in [6.07, 6.45) is -0.787. The number of rotatable bonds is 3. The lowest BCUT2D eigenvalue weighted by atomic mass is 10.2. The number of aliphatic hydroxyl groups is 1. The minimum atomic E-state index is -1.13. The lowest BCUT2D eigenvalue weighted by Gasteiger charge is -2.22. The molecule has 1 aliphatic rings. The molecule has 0 saturated carbocycles. The number of β-amino-alcohol motifs (C(OH)–C–C–N with tert-alkyl or cyclic N) is 1. The summed E-state index contributed by atoms with van der Waals surface area (Å²) in [5.74, 6) is -0.640. The van der Waals surface area contributed by atoms with Crippen molar-refractivity contribution < 1.29 is 24.5 Å². The number of nitrogens with zero attached hydrogens (tertiary/aromatic N) is 1. The van der Waals surface area contributed by atoms with E-state index in [0.29, 0.717) is 11.4 Å². The molecule has 1 fully saturated rings. The first-order valence-corrected chi connectivity index (χ1v) is 6.55. The number of anilines is 1. The van der Waals surface area contributed by atoms with E-state index in [9.17, 15) is 14.7 Å². The number of hydrogen-bond donors (Lipinski definition) is 3. The number of ether oxygens (including phenoxy) is 1. The van der Waals surface area contributed by atoms with Gasteiger partial charge < -0.3 is 25.2 Å². The Bertz CT molecular complexity index is 560. The Morgan fingerprint density at radius 1 is 1.43 bits per heavy atom. The third-order valence-electron chi connectivity index (χ3n) is 3.42. The van der Waals surface area contributed by atoms with Gasteiger partial charge in [0.05, 0.1) is 18.9 Å². The van der Waals surface area contributed by atoms with E-state index < -0.39 is 24.1 Å². The maximum absolute atomic E-state index is 12.2. The lowest BCUT2D eigenvalue weighted by molar-refractivity contribution is -0.141. The van der Waals surface area contributed by atoms with Crippen molar-refractivity contribution in [2.75, 3.05) is 19.0 Å². The van der Waals surface area contributed by atoms with Gasteiger partial charge in [0.15, 0.2) is 0 Å². The molecule has 3 N–H and O–H groups in total. The fourth-order valence-corrected chi connectivity index (χ4v) is 2.38. The van der Waals surface area contributed by atoms with Crippen molar-refractivity contribution in [3.63, 3.8) is 0 Å². The number of hydrogen-bond acceptors (Lipinski definition) is 4. The van der Waals surface area contributed by atoms with Crippen molar-refractivity contribution in [3.8, 4) is 5.75 Å². The van der Waals surface area contributed by atoms with Gasteiger partial charge in [-0.1, -0.05) is 6.07 Å². The van der Waals surface area contributed by atoms with Crippen molar-refractivity contribution in [1.29, 1.82) is 0 Å². The van der Waals surface area contributed by atoms with Gasteiger partial charge in [-0.25, -0.2) is 9.59 Å². The highest BCUT2D eigenvalue weighted by molar-refractivity contribution is 5.94. The third-order valence-corrected chi connectivity index (χ3v) is 3.42. The van der Waals surface area contributed by atoms with Crippen molar-refractivity contribution in [2.45, 2.75) is 25.5 Å². The van der Waals surface area contributed by atoms with Gasteiger partial charge in [-0.3, -0.25) is 0 Å². The minimum Gasteiger partial charge on any atom is -0.495 e. The second-order valence-electron chi connectivity index (χ2n) is 5.03. The van der Waals surface area contributed by atoms with Crippen LogP contribution >= 0.6 is 0 Å². The Morgan fingerprint density at radius 3 is 2.76 bits per heavy atom. The molecule has 1 aromatic rings. The molecule has 7 nitrogen and oxygen atoms in total. The molecule has 1 heterocycles. The van der Waals surface area contributed by atoms with Gasteiger partial charge in [-0.15, -0.1) is 0 Å². The average molecular weight is 294 g/mol. The molecule has 2 atom stereocenters. The van der Waals surface area contributed by atoms with E-state index in [2.05, 4.69) is 5.32 Å². The molecule has 0 radical (unpaired) electrons. The number of likely N-dealkylation sites (tertiary alicyclic amines) is 1. The van der Waals surface area contributed by atoms with Gasteiger partial charge in [0, 0.05) is 13.0 Å². The van der Waals surface area contributed by atoms with Crippen LogP contribution in [0, 0.1) is 6.92 Å². The van der Waals surface area contributed by atoms with Gasteiger partial charge >= 0.3 is 12.0 Å². The number of benzene rings is 1. The van der Waals surface area contributed by atoms with Crippen LogP contribution < -0.4 is 10.1 Å². The number of aliphatic hydroxyl groups excluding tert-OH is 1. The quantitative estimate of drug-likeness (QED) is 0.774. The Morgan fingerprint density at radius 2 is 2.14 bits per heavy atom. The summed E-state index contributed by atoms with van der Waals surface area (Å²) in [5.41, 5.74) is 1.40. The molecular formula is C14H18N2O5. The van der Waals surface area contributed by atoms with Gasteiger partial charge in [-0.05, 0) is 24.6 Å². The summed E-state index contributed by atoms with van der Waals surface area (Å²) >= 11 is 0. The Kier molecular flexibility index (Phi) is 4.32. The van der Waals surface area contributed by atoms with E-state index in [-0.39, 0.29) is 13.0 Å². The van der Waals surface area contributed by atoms with Crippen molar-refractivity contribution in [1.82, 2.24) is 4.90 Å². The molecule has 0 spiro atoms. The molecule has 2 rings (SSSR count). The number of methoxy groups -OCH3 is 1. The summed E-state index contributed by atoms with van der Waals surface area (Å²) < 4.78 is 5.16. The first-order chi connectivity index (χ1) is 9.92. The minimum absolute atomic E-state index is 0.00304. The highest BCUT2D eigenvalue weighted by Crippen LogP contribution is 2.27. The van der Waals surface area contributed by atoms with Crippen molar-refractivity contribution in [2.24, 2.45) is 0 Å². The number of carboxylic acids is 1. The van der Waals surface area contributed by atoms with E-state index >= 15 is 0 Å². The molecule has 0 aromatic heterocycles. The lowest BCUT2D eigenvalue weighted by Crippen LogP contribution is -2.43. The van der Waals surface area contributed by atoms with E-state index in [4.69, 9.17) is 9.84 Å².